The summed E-state index contributed by atoms with van der Waals surface area (Å²) in [6.07, 6.45) is 6.80. The fraction of sp³-hybridized carbons (Fsp3) is 0.316. The van der Waals surface area contributed by atoms with Crippen molar-refractivity contribution in [1.82, 2.24) is 5.32 Å². The Balaban J connectivity index is 2.69. The quantitative estimate of drug-likeness (QED) is 0.431. The van der Waals surface area contributed by atoms with Crippen LogP contribution in [0.15, 0.2) is 71.2 Å². The molecule has 0 radical (unpaired) electrons. The maximum absolute atomic E-state index is 11.9. The van der Waals surface area contributed by atoms with Gasteiger partial charge in [0.05, 0.1) is 0 Å². The molecule has 3 heteroatoms. The number of thioether (sulfide) groups is 1. The Labute approximate surface area is 138 Å². The fourth-order valence-corrected chi connectivity index (χ4v) is 2.51. The van der Waals surface area contributed by atoms with Crippen molar-refractivity contribution in [3.05, 3.63) is 66.3 Å². The van der Waals surface area contributed by atoms with Gasteiger partial charge in [0.25, 0.3) is 5.91 Å². The average molecular weight is 315 g/mol. The molecule has 0 bridgehead atoms. The molecule has 0 aliphatic carbocycles. The smallest absolute Gasteiger partial charge is 0.251 e. The number of hydrogen-bond donors (Lipinski definition) is 1. The highest BCUT2D eigenvalue weighted by Crippen LogP contribution is 2.18. The first-order chi connectivity index (χ1) is 10.6. The number of likely N-dealkylation sites (N-methyl/N-ethyl adjacent to an activating group) is 1. The molecule has 0 aliphatic heterocycles. The maximum Gasteiger partial charge on any atom is 0.251 e. The molecule has 22 heavy (non-hydrogen) atoms. The number of carbonyl (C=O) groups is 1. The summed E-state index contributed by atoms with van der Waals surface area (Å²) >= 11 is 1.74. The second kappa shape index (κ2) is 10.1. The number of carbonyl (C=O) groups excluding carboxylic acids is 1. The Morgan fingerprint density at radius 3 is 2.64 bits per heavy atom. The van der Waals surface area contributed by atoms with E-state index in [-0.39, 0.29) is 5.91 Å². The van der Waals surface area contributed by atoms with Crippen LogP contribution in [0.25, 0.3) is 0 Å². The van der Waals surface area contributed by atoms with E-state index in [1.165, 1.54) is 4.90 Å². The third kappa shape index (κ3) is 6.35. The SMILES string of the molecule is C=C(/C=C(\C=C/CSc1ccccc1)C(=O)NC)C(C)CC. The minimum atomic E-state index is -0.0783. The summed E-state index contributed by atoms with van der Waals surface area (Å²) < 4.78 is 0. The molecule has 1 atom stereocenters. The van der Waals surface area contributed by atoms with Gasteiger partial charge in [-0.1, -0.05) is 56.4 Å². The van der Waals surface area contributed by atoms with Crippen molar-refractivity contribution in [2.45, 2.75) is 25.2 Å². The predicted molar refractivity (Wildman–Crippen MR) is 97.1 cm³/mol. The van der Waals surface area contributed by atoms with Crippen LogP contribution >= 0.6 is 11.8 Å². The Kier molecular flexibility index (Phi) is 8.38. The minimum absolute atomic E-state index is 0.0783. The van der Waals surface area contributed by atoms with Gasteiger partial charge in [0.1, 0.15) is 0 Å². The molecule has 0 heterocycles. The number of rotatable bonds is 8. The molecule has 0 fully saturated rings. The first-order valence-corrected chi connectivity index (χ1v) is 8.54. The van der Waals surface area contributed by atoms with Gasteiger partial charge >= 0.3 is 0 Å². The number of benzene rings is 1. The van der Waals surface area contributed by atoms with Crippen LogP contribution in [-0.4, -0.2) is 18.7 Å². The topological polar surface area (TPSA) is 29.1 Å². The van der Waals surface area contributed by atoms with E-state index in [0.717, 1.165) is 17.7 Å². The molecule has 118 valence electrons. The normalized spacial score (nSPS) is 13.1. The molecule has 1 amide bonds. The van der Waals surface area contributed by atoms with Gasteiger partial charge < -0.3 is 5.32 Å². The zero-order chi connectivity index (χ0) is 16.4. The molecule has 0 saturated heterocycles. The summed E-state index contributed by atoms with van der Waals surface area (Å²) in [5.41, 5.74) is 1.64. The molecule has 0 aromatic heterocycles. The van der Waals surface area contributed by atoms with Gasteiger partial charge in [-0.3, -0.25) is 4.79 Å². The van der Waals surface area contributed by atoms with Crippen LogP contribution in [-0.2, 0) is 4.79 Å². The lowest BCUT2D eigenvalue weighted by Gasteiger charge is -2.09. The molecule has 1 rings (SSSR count). The lowest BCUT2D eigenvalue weighted by atomic mass is 9.97. The van der Waals surface area contributed by atoms with E-state index in [1.54, 1.807) is 18.8 Å². The highest BCUT2D eigenvalue weighted by atomic mass is 32.2. The third-order valence-corrected chi connectivity index (χ3v) is 4.43. The van der Waals surface area contributed by atoms with Crippen LogP contribution in [0.3, 0.4) is 0 Å². The van der Waals surface area contributed by atoms with E-state index >= 15 is 0 Å². The lowest BCUT2D eigenvalue weighted by Crippen LogP contribution is -2.19. The van der Waals surface area contributed by atoms with Crippen molar-refractivity contribution in [3.63, 3.8) is 0 Å². The van der Waals surface area contributed by atoms with Gasteiger partial charge in [-0.25, -0.2) is 0 Å². The summed E-state index contributed by atoms with van der Waals surface area (Å²) in [4.78, 5) is 13.2. The summed E-state index contributed by atoms with van der Waals surface area (Å²) in [5, 5.41) is 2.68. The van der Waals surface area contributed by atoms with Crippen LogP contribution in [0, 0.1) is 5.92 Å². The van der Waals surface area contributed by atoms with E-state index in [9.17, 15) is 4.79 Å². The summed E-state index contributed by atoms with van der Waals surface area (Å²) in [5.74, 6) is 1.13. The molecule has 1 N–H and O–H groups in total. The largest absolute Gasteiger partial charge is 0.355 e. The van der Waals surface area contributed by atoms with Gasteiger partial charge in [0.2, 0.25) is 0 Å². The van der Waals surface area contributed by atoms with Crippen molar-refractivity contribution in [1.29, 1.82) is 0 Å². The number of hydrogen-bond acceptors (Lipinski definition) is 2. The molecule has 2 nitrogen and oxygen atoms in total. The predicted octanol–water partition coefficient (Wildman–Crippen LogP) is 4.61. The number of nitrogens with one attached hydrogen (secondary N) is 1. The van der Waals surface area contributed by atoms with Crippen LogP contribution in [0.1, 0.15) is 20.3 Å². The van der Waals surface area contributed by atoms with E-state index in [1.807, 2.05) is 36.4 Å². The zero-order valence-electron chi connectivity index (χ0n) is 13.6. The van der Waals surface area contributed by atoms with Crippen LogP contribution in [0.4, 0.5) is 0 Å². The van der Waals surface area contributed by atoms with E-state index in [4.69, 9.17) is 0 Å². The van der Waals surface area contributed by atoms with Gasteiger partial charge in [-0.2, -0.15) is 0 Å². The Morgan fingerprint density at radius 2 is 2.05 bits per heavy atom. The van der Waals surface area contributed by atoms with Gasteiger partial charge in [-0.15, -0.1) is 11.8 Å². The van der Waals surface area contributed by atoms with E-state index in [0.29, 0.717) is 11.5 Å². The third-order valence-electron chi connectivity index (χ3n) is 3.46. The summed E-state index contributed by atoms with van der Waals surface area (Å²) in [6, 6.07) is 10.2. The van der Waals surface area contributed by atoms with E-state index in [2.05, 4.69) is 37.9 Å². The van der Waals surface area contributed by atoms with Crippen molar-refractivity contribution in [3.8, 4) is 0 Å². The van der Waals surface area contributed by atoms with Crippen molar-refractivity contribution in [2.75, 3.05) is 12.8 Å². The summed E-state index contributed by atoms with van der Waals surface area (Å²) in [7, 11) is 1.65. The Bertz CT molecular complexity index is 546. The Morgan fingerprint density at radius 1 is 1.36 bits per heavy atom. The molecule has 0 aliphatic rings. The highest BCUT2D eigenvalue weighted by Gasteiger charge is 2.07. The van der Waals surface area contributed by atoms with Gasteiger partial charge in [0, 0.05) is 23.3 Å². The molecule has 1 aromatic carbocycles. The standard InChI is InChI=1S/C19H25NOS/c1-5-15(2)16(3)14-17(19(21)20-4)10-9-13-22-18-11-7-6-8-12-18/h6-12,14-15H,3,5,13H2,1-2,4H3,(H,20,21)/b10-9-,17-14+. The monoisotopic (exact) mass is 315 g/mol. The molecular formula is C19H25NOS. The minimum Gasteiger partial charge on any atom is -0.355 e. The maximum atomic E-state index is 11.9. The molecule has 0 saturated carbocycles. The first kappa shape index (κ1) is 18.3. The van der Waals surface area contributed by atoms with Crippen molar-refractivity contribution < 1.29 is 4.79 Å². The van der Waals surface area contributed by atoms with Crippen molar-refractivity contribution >= 4 is 17.7 Å². The van der Waals surface area contributed by atoms with Crippen LogP contribution in [0.5, 0.6) is 0 Å². The van der Waals surface area contributed by atoms with Gasteiger partial charge in [-0.05, 0) is 30.5 Å². The van der Waals surface area contributed by atoms with Crippen molar-refractivity contribution in [2.24, 2.45) is 5.92 Å². The summed E-state index contributed by atoms with van der Waals surface area (Å²) in [6.45, 7) is 8.30. The fourth-order valence-electron chi connectivity index (χ4n) is 1.77. The number of amides is 1. The second-order valence-corrected chi connectivity index (χ2v) is 6.18. The average Bonchev–Trinajstić information content (AvgIpc) is 2.56. The van der Waals surface area contributed by atoms with E-state index < -0.39 is 0 Å². The highest BCUT2D eigenvalue weighted by molar-refractivity contribution is 7.99. The van der Waals surface area contributed by atoms with Gasteiger partial charge in [0.15, 0.2) is 0 Å². The zero-order valence-corrected chi connectivity index (χ0v) is 14.5. The Hall–Kier alpha value is -1.74. The van der Waals surface area contributed by atoms with Crippen LogP contribution in [0.2, 0.25) is 0 Å². The lowest BCUT2D eigenvalue weighted by molar-refractivity contribution is -0.116. The van der Waals surface area contributed by atoms with Crippen LogP contribution < -0.4 is 5.32 Å². The molecular weight excluding hydrogens is 290 g/mol. The number of allylic oxidation sites excluding steroid dienone is 2. The molecule has 1 unspecified atom stereocenters. The molecule has 0 spiro atoms. The molecule has 1 aromatic rings. The second-order valence-electron chi connectivity index (χ2n) is 5.09. The first-order valence-electron chi connectivity index (χ1n) is 7.55.